The van der Waals surface area contributed by atoms with Crippen LogP contribution in [-0.2, 0) is 0 Å². The van der Waals surface area contributed by atoms with Gasteiger partial charge in [0, 0.05) is 6.04 Å². The highest BCUT2D eigenvalue weighted by atomic mass is 127. The average molecular weight is 236 g/mol. The molecule has 0 spiro atoms. The minimum Gasteiger partial charge on any atom is -0.328 e. The molecule has 1 fully saturated rings. The van der Waals surface area contributed by atoms with Crippen LogP contribution in [0.5, 0.6) is 0 Å². The maximum atomic E-state index is 8.63. The Kier molecular flexibility index (Phi) is 1.97. The molecular weight excluding hydrogens is 227 g/mol. The Hall–Kier alpha value is 0.180. The number of nitrogens with zero attached hydrogens (tertiary/aromatic N) is 1. The molecule has 0 heterocycles. The number of alkyl halides is 1. The van der Waals surface area contributed by atoms with Gasteiger partial charge < -0.3 is 5.73 Å². The highest BCUT2D eigenvalue weighted by Crippen LogP contribution is 2.36. The highest BCUT2D eigenvalue weighted by molar-refractivity contribution is 14.1. The molecule has 9 heavy (non-hydrogen) atoms. The van der Waals surface area contributed by atoms with Crippen LogP contribution in [0.15, 0.2) is 0 Å². The number of halogens is 1. The molecule has 2 atom stereocenters. The average Bonchev–Trinajstić information content (AvgIpc) is 2.13. The molecule has 0 amide bonds. The second kappa shape index (κ2) is 2.43. The maximum Gasteiger partial charge on any atom is 0.110 e. The Morgan fingerprint density at radius 3 is 2.67 bits per heavy atom. The summed E-state index contributed by atoms with van der Waals surface area (Å²) in [5.41, 5.74) is 5.63. The molecule has 2 unspecified atom stereocenters. The van der Waals surface area contributed by atoms with Gasteiger partial charge in [0.25, 0.3) is 0 Å². The van der Waals surface area contributed by atoms with Gasteiger partial charge in [0.15, 0.2) is 0 Å². The molecule has 1 aliphatic rings. The van der Waals surface area contributed by atoms with Crippen molar-refractivity contribution in [2.24, 2.45) is 5.73 Å². The lowest BCUT2D eigenvalue weighted by molar-refractivity contribution is 0.696. The minimum atomic E-state index is -0.142. The number of hydrogen-bond acceptors (Lipinski definition) is 2. The van der Waals surface area contributed by atoms with Crippen LogP contribution in [0.4, 0.5) is 0 Å². The molecule has 50 valence electrons. The summed E-state index contributed by atoms with van der Waals surface area (Å²) in [6, 6.07) is 2.54. The van der Waals surface area contributed by atoms with Crippen molar-refractivity contribution in [1.29, 1.82) is 5.26 Å². The van der Waals surface area contributed by atoms with Crippen LogP contribution >= 0.6 is 22.6 Å². The van der Waals surface area contributed by atoms with Crippen LogP contribution in [0.3, 0.4) is 0 Å². The molecule has 1 aliphatic carbocycles. The van der Waals surface area contributed by atoms with E-state index in [1.165, 1.54) is 0 Å². The molecule has 1 saturated carbocycles. The van der Waals surface area contributed by atoms with Gasteiger partial charge in [-0.15, -0.1) is 0 Å². The monoisotopic (exact) mass is 236 g/mol. The Morgan fingerprint density at radius 1 is 1.78 bits per heavy atom. The van der Waals surface area contributed by atoms with Crippen molar-refractivity contribution in [3.05, 3.63) is 0 Å². The number of rotatable bonds is 0. The summed E-state index contributed by atoms with van der Waals surface area (Å²) in [5.74, 6) is 0. The second-order valence-electron chi connectivity index (χ2n) is 2.58. The predicted octanol–water partition coefficient (Wildman–Crippen LogP) is 1.19. The Labute approximate surface area is 68.6 Å². The van der Waals surface area contributed by atoms with Crippen LogP contribution < -0.4 is 5.73 Å². The summed E-state index contributed by atoms with van der Waals surface area (Å²) < 4.78 is -0.142. The first-order valence-electron chi connectivity index (χ1n) is 3.02. The predicted molar refractivity (Wildman–Crippen MR) is 44.2 cm³/mol. The van der Waals surface area contributed by atoms with Gasteiger partial charge >= 0.3 is 0 Å². The lowest BCUT2D eigenvalue weighted by Gasteiger charge is -2.08. The van der Waals surface area contributed by atoms with Gasteiger partial charge in [-0.1, -0.05) is 22.6 Å². The first-order chi connectivity index (χ1) is 4.16. The van der Waals surface area contributed by atoms with Crippen LogP contribution in [-0.4, -0.2) is 9.46 Å². The molecule has 2 nitrogen and oxygen atoms in total. The van der Waals surface area contributed by atoms with Crippen LogP contribution in [0.2, 0.25) is 0 Å². The topological polar surface area (TPSA) is 49.8 Å². The summed E-state index contributed by atoms with van der Waals surface area (Å²) in [7, 11) is 0. The molecule has 0 radical (unpaired) electrons. The second-order valence-corrected chi connectivity index (χ2v) is 4.64. The SMILES string of the molecule is N#CC1(I)CCC(N)C1. The van der Waals surface area contributed by atoms with Gasteiger partial charge in [0.05, 0.1) is 6.07 Å². The maximum absolute atomic E-state index is 8.63. The summed E-state index contributed by atoms with van der Waals surface area (Å²) in [4.78, 5) is 0. The molecule has 3 heteroatoms. The normalized spacial score (nSPS) is 42.6. The van der Waals surface area contributed by atoms with Gasteiger partial charge in [-0.25, -0.2) is 0 Å². The fourth-order valence-corrected chi connectivity index (χ4v) is 2.01. The number of nitrogens with two attached hydrogens (primary N) is 1. The van der Waals surface area contributed by atoms with Crippen LogP contribution in [0, 0.1) is 11.3 Å². The molecule has 0 bridgehead atoms. The molecule has 0 aromatic heterocycles. The van der Waals surface area contributed by atoms with Crippen LogP contribution in [0.25, 0.3) is 0 Å². The fourth-order valence-electron chi connectivity index (χ4n) is 1.14. The third-order valence-electron chi connectivity index (χ3n) is 1.70. The van der Waals surface area contributed by atoms with E-state index in [0.717, 1.165) is 19.3 Å². The zero-order chi connectivity index (χ0) is 6.91. The quantitative estimate of drug-likeness (QED) is 0.507. The molecule has 0 aromatic carbocycles. The van der Waals surface area contributed by atoms with Crippen molar-refractivity contribution in [1.82, 2.24) is 0 Å². The van der Waals surface area contributed by atoms with Gasteiger partial charge in [-0.2, -0.15) is 5.26 Å². The molecule has 0 saturated heterocycles. The standard InChI is InChI=1S/C6H9IN2/c7-6(4-8)2-1-5(9)3-6/h5H,1-3,9H2. The Morgan fingerprint density at radius 2 is 2.44 bits per heavy atom. The minimum absolute atomic E-state index is 0.142. The zero-order valence-corrected chi connectivity index (χ0v) is 7.26. The van der Waals surface area contributed by atoms with Crippen molar-refractivity contribution in [2.75, 3.05) is 0 Å². The number of hydrogen-bond donors (Lipinski definition) is 1. The van der Waals surface area contributed by atoms with E-state index in [9.17, 15) is 0 Å². The van der Waals surface area contributed by atoms with E-state index < -0.39 is 0 Å². The lowest BCUT2D eigenvalue weighted by atomic mass is 10.1. The highest BCUT2D eigenvalue weighted by Gasteiger charge is 2.34. The molecule has 1 rings (SSSR count). The number of nitriles is 1. The van der Waals surface area contributed by atoms with E-state index in [1.54, 1.807) is 0 Å². The van der Waals surface area contributed by atoms with Crippen molar-refractivity contribution in [3.8, 4) is 6.07 Å². The first-order valence-corrected chi connectivity index (χ1v) is 4.10. The fraction of sp³-hybridized carbons (Fsp3) is 0.833. The zero-order valence-electron chi connectivity index (χ0n) is 5.10. The molecule has 2 N–H and O–H groups in total. The molecule has 0 aliphatic heterocycles. The Bertz CT molecular complexity index is 152. The summed E-state index contributed by atoms with van der Waals surface area (Å²) in [5, 5.41) is 8.63. The Balaban J connectivity index is 2.58. The first kappa shape index (κ1) is 7.29. The van der Waals surface area contributed by atoms with Crippen LogP contribution in [0.1, 0.15) is 19.3 Å². The van der Waals surface area contributed by atoms with E-state index in [2.05, 4.69) is 28.7 Å². The molecular formula is C6H9IN2. The van der Waals surface area contributed by atoms with Gasteiger partial charge in [-0.05, 0) is 19.3 Å². The summed E-state index contributed by atoms with van der Waals surface area (Å²) in [6.07, 6.45) is 2.84. The smallest absolute Gasteiger partial charge is 0.110 e. The van der Waals surface area contributed by atoms with Crippen molar-refractivity contribution in [3.63, 3.8) is 0 Å². The van der Waals surface area contributed by atoms with E-state index in [4.69, 9.17) is 11.0 Å². The lowest BCUT2D eigenvalue weighted by Crippen LogP contribution is -2.19. The summed E-state index contributed by atoms with van der Waals surface area (Å²) in [6.45, 7) is 0. The third kappa shape index (κ3) is 1.55. The largest absolute Gasteiger partial charge is 0.328 e. The van der Waals surface area contributed by atoms with E-state index in [0.29, 0.717) is 0 Å². The van der Waals surface area contributed by atoms with E-state index in [1.807, 2.05) is 0 Å². The van der Waals surface area contributed by atoms with Crippen molar-refractivity contribution < 1.29 is 0 Å². The van der Waals surface area contributed by atoms with Gasteiger partial charge in [0.1, 0.15) is 3.42 Å². The van der Waals surface area contributed by atoms with Gasteiger partial charge in [-0.3, -0.25) is 0 Å². The van der Waals surface area contributed by atoms with Gasteiger partial charge in [0.2, 0.25) is 0 Å². The van der Waals surface area contributed by atoms with E-state index >= 15 is 0 Å². The van der Waals surface area contributed by atoms with Crippen molar-refractivity contribution in [2.45, 2.75) is 28.7 Å². The summed E-state index contributed by atoms with van der Waals surface area (Å²) >= 11 is 2.20. The van der Waals surface area contributed by atoms with Crippen molar-refractivity contribution >= 4 is 22.6 Å². The third-order valence-corrected chi connectivity index (χ3v) is 2.92. The van der Waals surface area contributed by atoms with E-state index in [-0.39, 0.29) is 9.46 Å². The molecule has 0 aromatic rings.